The Hall–Kier alpha value is -4.15. The van der Waals surface area contributed by atoms with Crippen LogP contribution < -0.4 is 26.4 Å². The molecule has 2 aromatic heterocycles. The van der Waals surface area contributed by atoms with Gasteiger partial charge in [0.2, 0.25) is 0 Å². The summed E-state index contributed by atoms with van der Waals surface area (Å²) in [5.41, 5.74) is -0.700. The topological polar surface area (TPSA) is 142 Å². The minimum Gasteiger partial charge on any atom is -0.478 e. The maximum absolute atomic E-state index is 13.7. The highest BCUT2D eigenvalue weighted by molar-refractivity contribution is 6.33. The van der Waals surface area contributed by atoms with Crippen LogP contribution in [0.2, 0.25) is 10.2 Å². The molecule has 0 aliphatic carbocycles. The Morgan fingerprint density at radius 2 is 1.75 bits per heavy atom. The molecule has 0 unspecified atom stereocenters. The van der Waals surface area contributed by atoms with Gasteiger partial charge in [0.05, 0.1) is 23.8 Å². The van der Waals surface area contributed by atoms with Crippen molar-refractivity contribution in [1.29, 1.82) is 0 Å². The van der Waals surface area contributed by atoms with E-state index in [1.54, 1.807) is 31.2 Å². The Morgan fingerprint density at radius 1 is 1.05 bits per heavy atom. The van der Waals surface area contributed by atoms with Crippen molar-refractivity contribution in [3.63, 3.8) is 0 Å². The van der Waals surface area contributed by atoms with E-state index in [1.807, 2.05) is 20.8 Å². The van der Waals surface area contributed by atoms with E-state index in [9.17, 15) is 24.3 Å². The molecule has 3 N–H and O–H groups in total. The molecule has 1 aliphatic heterocycles. The van der Waals surface area contributed by atoms with Gasteiger partial charge >= 0.3 is 5.97 Å². The lowest BCUT2D eigenvalue weighted by molar-refractivity contribution is 0.0697. The van der Waals surface area contributed by atoms with Crippen molar-refractivity contribution in [1.82, 2.24) is 4.98 Å². The van der Waals surface area contributed by atoms with E-state index in [4.69, 9.17) is 27.6 Å². The number of hydrogen-bond acceptors (Lipinski definition) is 8. The molecule has 2 aromatic carbocycles. The fourth-order valence-electron chi connectivity index (χ4n) is 4.70. The van der Waals surface area contributed by atoms with Crippen LogP contribution in [0.5, 0.6) is 0 Å². The van der Waals surface area contributed by atoms with Crippen LogP contribution in [0, 0.1) is 12.3 Å². The van der Waals surface area contributed by atoms with Crippen LogP contribution in [-0.4, -0.2) is 22.0 Å². The third-order valence-corrected chi connectivity index (χ3v) is 7.29. The van der Waals surface area contributed by atoms with Crippen LogP contribution in [0.15, 0.2) is 50.4 Å². The number of benzene rings is 1. The molecule has 3 heterocycles. The number of carbonyl (C=O) groups excluding carboxylic acids is 1. The number of nitrogens with zero attached hydrogens (tertiary/aromatic N) is 2. The van der Waals surface area contributed by atoms with Gasteiger partial charge in [0.25, 0.3) is 16.8 Å². The molecule has 0 bridgehead atoms. The predicted octanol–water partition coefficient (Wildman–Crippen LogP) is 5.69. The molecule has 12 heteroatoms. The summed E-state index contributed by atoms with van der Waals surface area (Å²) in [5.74, 6) is -1.32. The van der Waals surface area contributed by atoms with E-state index < -0.39 is 34.2 Å². The first-order valence-electron chi connectivity index (χ1n) is 12.2. The van der Waals surface area contributed by atoms with E-state index in [2.05, 4.69) is 15.6 Å². The molecule has 0 radical (unpaired) electrons. The summed E-state index contributed by atoms with van der Waals surface area (Å²) in [7, 11) is 0. The van der Waals surface area contributed by atoms with Crippen molar-refractivity contribution >= 4 is 58.0 Å². The van der Waals surface area contributed by atoms with Crippen molar-refractivity contribution in [2.45, 2.75) is 40.3 Å². The van der Waals surface area contributed by atoms with Crippen LogP contribution in [0.4, 0.5) is 22.9 Å². The molecule has 1 atom stereocenters. The number of fused-ring (bicyclic) bond motifs is 1. The minimum atomic E-state index is -1.23. The van der Waals surface area contributed by atoms with E-state index in [1.165, 1.54) is 17.0 Å². The van der Waals surface area contributed by atoms with Crippen molar-refractivity contribution < 1.29 is 19.1 Å². The van der Waals surface area contributed by atoms with Crippen LogP contribution in [0.1, 0.15) is 64.5 Å². The molecule has 0 spiro atoms. The van der Waals surface area contributed by atoms with Crippen molar-refractivity contribution in [2.75, 3.05) is 15.5 Å². The molecule has 10 nitrogen and oxygen atoms in total. The summed E-state index contributed by atoms with van der Waals surface area (Å²) in [6, 6.07) is 8.78. The first kappa shape index (κ1) is 27.4. The maximum atomic E-state index is 13.7. The number of carboxylic acids is 1. The predicted molar refractivity (Wildman–Crippen MR) is 152 cm³/mol. The second-order valence-electron chi connectivity index (χ2n) is 10.6. The van der Waals surface area contributed by atoms with Gasteiger partial charge in [0.15, 0.2) is 11.0 Å². The van der Waals surface area contributed by atoms with E-state index in [0.29, 0.717) is 17.0 Å². The second-order valence-corrected chi connectivity index (χ2v) is 11.4. The van der Waals surface area contributed by atoms with E-state index in [-0.39, 0.29) is 50.8 Å². The lowest BCUT2D eigenvalue weighted by atomic mass is 9.85. The van der Waals surface area contributed by atoms with Gasteiger partial charge in [-0.15, -0.1) is 0 Å². The Morgan fingerprint density at radius 3 is 2.38 bits per heavy atom. The zero-order valence-corrected chi connectivity index (χ0v) is 23.4. The molecule has 5 rings (SSSR count). The van der Waals surface area contributed by atoms with Crippen molar-refractivity contribution in [2.24, 2.45) is 5.41 Å². The van der Waals surface area contributed by atoms with Gasteiger partial charge in [0.1, 0.15) is 22.7 Å². The molecule has 1 aliphatic rings. The van der Waals surface area contributed by atoms with Crippen molar-refractivity contribution in [3.8, 4) is 0 Å². The number of nitrogens with one attached hydrogen (secondary N) is 2. The number of halogens is 2. The number of hydrogen-bond donors (Lipinski definition) is 3. The highest BCUT2D eigenvalue weighted by Gasteiger charge is 2.37. The van der Waals surface area contributed by atoms with Crippen LogP contribution in [0.3, 0.4) is 0 Å². The zero-order chi connectivity index (χ0) is 29.1. The number of carbonyl (C=O) groups is 2. The normalized spacial score (nSPS) is 13.9. The van der Waals surface area contributed by atoms with Crippen LogP contribution >= 0.6 is 23.2 Å². The van der Waals surface area contributed by atoms with Gasteiger partial charge in [-0.3, -0.25) is 19.3 Å². The zero-order valence-electron chi connectivity index (χ0n) is 21.9. The average molecular weight is 583 g/mol. The smallest absolute Gasteiger partial charge is 0.339 e. The number of aromatic carboxylic acids is 1. The Labute approximate surface area is 238 Å². The molecule has 1 amide bonds. The monoisotopic (exact) mass is 582 g/mol. The third kappa shape index (κ3) is 4.63. The number of furan rings is 1. The standard InChI is InChI=1S/C28H24Cl2N4O6/c1-12-5-6-13(27(38)39)25(31-12)34-11-14-15(29)7-8-16(19(14)26(34)37)32-20-21(23(36)22(20)35)33-24(28(2,3)4)17-9-10-18(30)40-17/h5-10,24,32-33H,11H2,1-4H3,(H,38,39)/t24-/m0/s1. The Kier molecular flexibility index (Phi) is 6.71. The summed E-state index contributed by atoms with van der Waals surface area (Å²) < 4.78 is 5.58. The first-order chi connectivity index (χ1) is 18.8. The van der Waals surface area contributed by atoms with Gasteiger partial charge in [0, 0.05) is 16.3 Å². The third-order valence-electron chi connectivity index (χ3n) is 6.73. The van der Waals surface area contributed by atoms with Crippen LogP contribution in [0.25, 0.3) is 0 Å². The number of anilines is 4. The number of amides is 1. The first-order valence-corrected chi connectivity index (χ1v) is 13.0. The highest BCUT2D eigenvalue weighted by Crippen LogP contribution is 2.41. The highest BCUT2D eigenvalue weighted by atomic mass is 35.5. The van der Waals surface area contributed by atoms with Gasteiger partial charge in [-0.25, -0.2) is 9.78 Å². The van der Waals surface area contributed by atoms with E-state index >= 15 is 0 Å². The second kappa shape index (κ2) is 9.79. The largest absolute Gasteiger partial charge is 0.478 e. The maximum Gasteiger partial charge on any atom is 0.339 e. The molecular formula is C28H24Cl2N4O6. The summed E-state index contributed by atoms with van der Waals surface area (Å²) in [6.45, 7) is 7.46. The van der Waals surface area contributed by atoms with Gasteiger partial charge < -0.3 is 20.2 Å². The summed E-state index contributed by atoms with van der Waals surface area (Å²) >= 11 is 12.4. The number of rotatable bonds is 7. The molecule has 40 heavy (non-hydrogen) atoms. The van der Waals surface area contributed by atoms with Gasteiger partial charge in [-0.1, -0.05) is 32.4 Å². The lowest BCUT2D eigenvalue weighted by Gasteiger charge is -2.31. The van der Waals surface area contributed by atoms with Gasteiger partial charge in [-0.05, 0) is 60.3 Å². The Balaban J connectivity index is 1.52. The number of carboxylic acid groups (broad SMARTS) is 1. The summed E-state index contributed by atoms with van der Waals surface area (Å²) in [5, 5.41) is 16.2. The molecule has 0 saturated heterocycles. The lowest BCUT2D eigenvalue weighted by Crippen LogP contribution is -2.39. The van der Waals surface area contributed by atoms with Gasteiger partial charge in [-0.2, -0.15) is 0 Å². The molecular weight excluding hydrogens is 559 g/mol. The Bertz CT molecular complexity index is 1760. The summed E-state index contributed by atoms with van der Waals surface area (Å²) in [4.78, 5) is 56.4. The van der Waals surface area contributed by atoms with E-state index in [0.717, 1.165) is 0 Å². The fraction of sp³-hybridized carbons (Fsp3) is 0.250. The van der Waals surface area contributed by atoms with Crippen molar-refractivity contribution in [3.05, 3.63) is 95.2 Å². The molecule has 0 fully saturated rings. The molecule has 206 valence electrons. The fourth-order valence-corrected chi connectivity index (χ4v) is 5.07. The number of aryl methyl sites for hydroxylation is 1. The molecule has 4 aromatic rings. The quantitative estimate of drug-likeness (QED) is 0.234. The minimum absolute atomic E-state index is 0.0164. The molecule has 0 saturated carbocycles. The number of pyridine rings is 1. The summed E-state index contributed by atoms with van der Waals surface area (Å²) in [6.07, 6.45) is 0. The number of aromatic nitrogens is 1. The average Bonchev–Trinajstić information content (AvgIpc) is 3.47. The SMILES string of the molecule is Cc1ccc(C(=O)O)c(N2Cc3c(Cl)ccc(Nc4c(N[C@@H](c5ccc(Cl)o5)C(C)(C)C)c(=O)c4=O)c3C2=O)n1. The van der Waals surface area contributed by atoms with Crippen LogP contribution in [-0.2, 0) is 6.54 Å².